The summed E-state index contributed by atoms with van der Waals surface area (Å²) < 4.78 is 0. The highest BCUT2D eigenvalue weighted by Crippen LogP contribution is 2.22. The smallest absolute Gasteiger partial charge is 0.337 e. The van der Waals surface area contributed by atoms with Crippen LogP contribution in [0.5, 0.6) is 0 Å². The van der Waals surface area contributed by atoms with E-state index in [1.807, 2.05) is 0 Å². The first-order chi connectivity index (χ1) is 11.2. The van der Waals surface area contributed by atoms with E-state index in [0.717, 1.165) is 0 Å². The summed E-state index contributed by atoms with van der Waals surface area (Å²) in [4.78, 5) is 41.3. The molecular formula is C16H14O8. The van der Waals surface area contributed by atoms with Crippen molar-refractivity contribution in [2.45, 2.75) is 12.8 Å². The van der Waals surface area contributed by atoms with Crippen molar-refractivity contribution in [3.05, 3.63) is 47.5 Å². The minimum atomic E-state index is -1.23. The van der Waals surface area contributed by atoms with Crippen LogP contribution in [0, 0.1) is 0 Å². The summed E-state index contributed by atoms with van der Waals surface area (Å²) in [5.74, 6) is -4.61. The Morgan fingerprint density at radius 2 is 1.25 bits per heavy atom. The second-order valence-electron chi connectivity index (χ2n) is 4.61. The summed E-state index contributed by atoms with van der Waals surface area (Å²) in [5.41, 5.74) is -0.350. The number of aliphatic carboxylic acids is 2. The zero-order chi connectivity index (χ0) is 18.3. The van der Waals surface area contributed by atoms with Crippen LogP contribution in [0.25, 0.3) is 10.8 Å². The largest absolute Gasteiger partial charge is 0.481 e. The van der Waals surface area contributed by atoms with Crippen molar-refractivity contribution in [1.82, 2.24) is 0 Å². The minimum Gasteiger partial charge on any atom is -0.481 e. The van der Waals surface area contributed by atoms with Gasteiger partial charge in [0, 0.05) is 0 Å². The molecule has 0 radical (unpaired) electrons. The zero-order valence-corrected chi connectivity index (χ0v) is 12.3. The fourth-order valence-corrected chi connectivity index (χ4v) is 1.89. The molecule has 0 aliphatic carbocycles. The van der Waals surface area contributed by atoms with Crippen molar-refractivity contribution in [3.63, 3.8) is 0 Å². The predicted molar refractivity (Wildman–Crippen MR) is 82.4 cm³/mol. The normalized spacial score (nSPS) is 9.67. The number of aromatic carboxylic acids is 2. The fourth-order valence-electron chi connectivity index (χ4n) is 1.89. The number of carboxylic acids is 4. The first kappa shape index (κ1) is 18.6. The number of carbonyl (C=O) groups is 4. The molecule has 0 atom stereocenters. The molecule has 0 saturated heterocycles. The first-order valence-electron chi connectivity index (χ1n) is 6.66. The van der Waals surface area contributed by atoms with Crippen molar-refractivity contribution in [1.29, 1.82) is 0 Å². The lowest BCUT2D eigenvalue weighted by Gasteiger charge is -2.05. The molecule has 0 aliphatic rings. The molecule has 8 nitrogen and oxygen atoms in total. The molecule has 0 heterocycles. The third-order valence-electron chi connectivity index (χ3n) is 2.93. The van der Waals surface area contributed by atoms with Gasteiger partial charge < -0.3 is 20.4 Å². The van der Waals surface area contributed by atoms with E-state index in [0.29, 0.717) is 10.8 Å². The van der Waals surface area contributed by atoms with Gasteiger partial charge in [-0.3, -0.25) is 9.59 Å². The summed E-state index contributed by atoms with van der Waals surface area (Å²) in [6, 6.07) is 9.72. The van der Waals surface area contributed by atoms with Gasteiger partial charge in [-0.25, -0.2) is 9.59 Å². The maximum atomic E-state index is 11.1. The van der Waals surface area contributed by atoms with Crippen LogP contribution in [0.15, 0.2) is 36.4 Å². The van der Waals surface area contributed by atoms with E-state index in [1.54, 1.807) is 30.3 Å². The highest BCUT2D eigenvalue weighted by atomic mass is 16.4. The predicted octanol–water partition coefficient (Wildman–Crippen LogP) is 2.17. The molecule has 2 aromatic rings. The minimum absolute atomic E-state index is 0.161. The van der Waals surface area contributed by atoms with Crippen molar-refractivity contribution in [2.75, 3.05) is 0 Å². The van der Waals surface area contributed by atoms with E-state index < -0.39 is 23.9 Å². The van der Waals surface area contributed by atoms with E-state index in [9.17, 15) is 19.2 Å². The van der Waals surface area contributed by atoms with Crippen molar-refractivity contribution >= 4 is 34.6 Å². The molecule has 0 bridgehead atoms. The van der Waals surface area contributed by atoms with Gasteiger partial charge in [-0.2, -0.15) is 0 Å². The van der Waals surface area contributed by atoms with E-state index in [-0.39, 0.29) is 24.0 Å². The summed E-state index contributed by atoms with van der Waals surface area (Å²) in [7, 11) is 0. The number of carboxylic acid groups (broad SMARTS) is 4. The van der Waals surface area contributed by atoms with Crippen molar-refractivity contribution < 1.29 is 39.6 Å². The first-order valence-corrected chi connectivity index (χ1v) is 6.66. The molecular weight excluding hydrogens is 320 g/mol. The lowest BCUT2D eigenvalue weighted by atomic mass is 9.99. The van der Waals surface area contributed by atoms with Crippen LogP contribution < -0.4 is 0 Å². The standard InChI is InChI=1S/C12H8O4.C4H6O4/c13-11(14)9-6-5-7-3-1-2-4-8(7)10(9)12(15)16;5-3(6)1-2-4(7)8/h1-6H,(H,13,14)(H,15,16);1-2H2,(H,5,6)(H,7,8). The van der Waals surface area contributed by atoms with E-state index >= 15 is 0 Å². The lowest BCUT2D eigenvalue weighted by Crippen LogP contribution is -2.08. The molecule has 0 saturated carbocycles. The Hall–Kier alpha value is -3.42. The molecule has 126 valence electrons. The quantitative estimate of drug-likeness (QED) is 0.650. The molecule has 8 heteroatoms. The topological polar surface area (TPSA) is 149 Å². The third-order valence-corrected chi connectivity index (χ3v) is 2.93. The zero-order valence-electron chi connectivity index (χ0n) is 12.3. The Kier molecular flexibility index (Phi) is 6.42. The maximum Gasteiger partial charge on any atom is 0.337 e. The number of fused-ring (bicyclic) bond motifs is 1. The van der Waals surface area contributed by atoms with Crippen LogP contribution in [-0.2, 0) is 9.59 Å². The molecule has 0 aromatic heterocycles. The molecule has 4 N–H and O–H groups in total. The second kappa shape index (κ2) is 8.28. The number of hydrogen-bond acceptors (Lipinski definition) is 4. The summed E-state index contributed by atoms with van der Waals surface area (Å²) in [6.45, 7) is 0. The third kappa shape index (κ3) is 5.09. The van der Waals surface area contributed by atoms with E-state index in [1.165, 1.54) is 6.07 Å². The van der Waals surface area contributed by atoms with Gasteiger partial charge in [-0.1, -0.05) is 30.3 Å². The monoisotopic (exact) mass is 334 g/mol. The van der Waals surface area contributed by atoms with Gasteiger partial charge in [-0.05, 0) is 16.8 Å². The van der Waals surface area contributed by atoms with E-state index in [2.05, 4.69) is 0 Å². The molecule has 0 spiro atoms. The highest BCUT2D eigenvalue weighted by Gasteiger charge is 2.18. The number of benzene rings is 2. The average Bonchev–Trinajstić information content (AvgIpc) is 2.52. The SMILES string of the molecule is O=C(O)CCC(=O)O.O=C(O)c1ccc2ccccc2c1C(=O)O. The Bertz CT molecular complexity index is 780. The van der Waals surface area contributed by atoms with Crippen LogP contribution in [0.2, 0.25) is 0 Å². The summed E-state index contributed by atoms with van der Waals surface area (Å²) in [5, 5.41) is 34.9. The van der Waals surface area contributed by atoms with E-state index in [4.69, 9.17) is 20.4 Å². The van der Waals surface area contributed by atoms with Gasteiger partial charge in [0.25, 0.3) is 0 Å². The number of hydrogen-bond donors (Lipinski definition) is 4. The van der Waals surface area contributed by atoms with Gasteiger partial charge in [0.2, 0.25) is 0 Å². The van der Waals surface area contributed by atoms with Crippen LogP contribution in [0.3, 0.4) is 0 Å². The average molecular weight is 334 g/mol. The van der Waals surface area contributed by atoms with Gasteiger partial charge in [0.05, 0.1) is 24.0 Å². The van der Waals surface area contributed by atoms with Gasteiger partial charge >= 0.3 is 23.9 Å². The lowest BCUT2D eigenvalue weighted by molar-refractivity contribution is -0.143. The fraction of sp³-hybridized carbons (Fsp3) is 0.125. The summed E-state index contributed by atoms with van der Waals surface area (Å²) in [6.07, 6.45) is -0.593. The van der Waals surface area contributed by atoms with Crippen LogP contribution in [-0.4, -0.2) is 44.3 Å². The molecule has 2 aromatic carbocycles. The van der Waals surface area contributed by atoms with Crippen LogP contribution in [0.4, 0.5) is 0 Å². The molecule has 2 rings (SSSR count). The molecule has 0 amide bonds. The Morgan fingerprint density at radius 1 is 0.708 bits per heavy atom. The second-order valence-corrected chi connectivity index (χ2v) is 4.61. The van der Waals surface area contributed by atoms with Crippen molar-refractivity contribution in [2.24, 2.45) is 0 Å². The maximum absolute atomic E-state index is 11.1. The van der Waals surface area contributed by atoms with Crippen LogP contribution in [0.1, 0.15) is 33.6 Å². The number of rotatable bonds is 5. The van der Waals surface area contributed by atoms with Crippen molar-refractivity contribution in [3.8, 4) is 0 Å². The summed E-state index contributed by atoms with van der Waals surface area (Å²) >= 11 is 0. The Morgan fingerprint density at radius 3 is 1.71 bits per heavy atom. The van der Waals surface area contributed by atoms with Crippen LogP contribution >= 0.6 is 0 Å². The Balaban J connectivity index is 0.000000307. The molecule has 0 fully saturated rings. The Labute approximate surface area is 135 Å². The van der Waals surface area contributed by atoms with Gasteiger partial charge in [-0.15, -0.1) is 0 Å². The highest BCUT2D eigenvalue weighted by molar-refractivity contribution is 6.11. The van der Waals surface area contributed by atoms with Gasteiger partial charge in [0.1, 0.15) is 0 Å². The van der Waals surface area contributed by atoms with Gasteiger partial charge in [0.15, 0.2) is 0 Å². The molecule has 0 unspecified atom stereocenters. The molecule has 0 aliphatic heterocycles. The molecule has 24 heavy (non-hydrogen) atoms.